The van der Waals surface area contributed by atoms with E-state index in [9.17, 15) is 9.59 Å². The molecule has 0 amide bonds. The number of carbonyl (C=O) groups is 2. The van der Waals surface area contributed by atoms with E-state index in [-0.39, 0.29) is 18.3 Å². The first-order valence-electron chi connectivity index (χ1n) is 14.9. The van der Waals surface area contributed by atoms with Gasteiger partial charge >= 0.3 is 5.97 Å². The Morgan fingerprint density at radius 1 is 0.886 bits per heavy atom. The predicted molar refractivity (Wildman–Crippen MR) is 167 cm³/mol. The Balaban J connectivity index is 1.49. The summed E-state index contributed by atoms with van der Waals surface area (Å²) < 4.78 is 28.1. The molecule has 1 N–H and O–H groups in total. The molecule has 230 valence electrons. The highest BCUT2D eigenvalue weighted by Gasteiger charge is 2.41. The first kappa shape index (κ1) is 30.9. The first-order valence-corrected chi connectivity index (χ1v) is 14.9. The van der Waals surface area contributed by atoms with Crippen molar-refractivity contribution in [1.82, 2.24) is 5.32 Å². The van der Waals surface area contributed by atoms with E-state index in [0.29, 0.717) is 66.8 Å². The van der Waals surface area contributed by atoms with Crippen LogP contribution in [0.15, 0.2) is 95.3 Å². The van der Waals surface area contributed by atoms with Crippen molar-refractivity contribution in [1.29, 1.82) is 0 Å². The zero-order chi connectivity index (χ0) is 31.1. The van der Waals surface area contributed by atoms with Crippen LogP contribution in [0.25, 0.3) is 0 Å². The van der Waals surface area contributed by atoms with Crippen molar-refractivity contribution in [2.45, 2.75) is 45.1 Å². The smallest absolute Gasteiger partial charge is 0.336 e. The third-order valence-electron chi connectivity index (χ3n) is 8.03. The fourth-order valence-corrected chi connectivity index (χ4v) is 5.93. The monoisotopic (exact) mass is 597 g/mol. The number of esters is 1. The van der Waals surface area contributed by atoms with E-state index in [2.05, 4.69) is 5.32 Å². The van der Waals surface area contributed by atoms with Gasteiger partial charge in [-0.1, -0.05) is 48.5 Å². The Morgan fingerprint density at radius 2 is 1.68 bits per heavy atom. The van der Waals surface area contributed by atoms with Crippen LogP contribution in [0.2, 0.25) is 0 Å². The first-order chi connectivity index (χ1) is 21.4. The van der Waals surface area contributed by atoms with Crippen LogP contribution >= 0.6 is 0 Å². The number of methoxy groups -OCH3 is 2. The third-order valence-corrected chi connectivity index (χ3v) is 8.03. The Morgan fingerprint density at radius 3 is 2.43 bits per heavy atom. The van der Waals surface area contributed by atoms with Gasteiger partial charge in [0.05, 0.1) is 26.4 Å². The van der Waals surface area contributed by atoms with E-state index < -0.39 is 11.9 Å². The third kappa shape index (κ3) is 6.81. The van der Waals surface area contributed by atoms with E-state index >= 15 is 0 Å². The van der Waals surface area contributed by atoms with Crippen LogP contribution in [-0.4, -0.2) is 45.8 Å². The molecular weight excluding hydrogens is 558 g/mol. The summed E-state index contributed by atoms with van der Waals surface area (Å²) in [6.07, 6.45) is 0.893. The summed E-state index contributed by atoms with van der Waals surface area (Å²) in [5.74, 6) is 0.734. The van der Waals surface area contributed by atoms with E-state index in [1.165, 1.54) is 0 Å². The van der Waals surface area contributed by atoms with Crippen molar-refractivity contribution in [3.63, 3.8) is 0 Å². The number of allylic oxidation sites excluding steroid dienone is 3. The summed E-state index contributed by atoms with van der Waals surface area (Å²) in [6.45, 7) is 5.10. The number of benzene rings is 3. The zero-order valence-corrected chi connectivity index (χ0v) is 25.7. The van der Waals surface area contributed by atoms with Crippen LogP contribution in [0.1, 0.15) is 55.2 Å². The van der Waals surface area contributed by atoms with Crippen LogP contribution in [0, 0.1) is 0 Å². The highest BCUT2D eigenvalue weighted by atomic mass is 16.6. The van der Waals surface area contributed by atoms with Gasteiger partial charge < -0.3 is 29.0 Å². The Hall–Kier alpha value is -4.56. The highest BCUT2D eigenvalue weighted by molar-refractivity contribution is 6.04. The molecule has 0 bridgehead atoms. The van der Waals surface area contributed by atoms with Crippen molar-refractivity contribution in [2.24, 2.45) is 0 Å². The molecular formula is C36H39NO7. The van der Waals surface area contributed by atoms with E-state index in [0.717, 1.165) is 22.4 Å². The maximum Gasteiger partial charge on any atom is 0.336 e. The number of ketones is 1. The van der Waals surface area contributed by atoms with E-state index in [4.69, 9.17) is 23.7 Å². The van der Waals surface area contributed by atoms with E-state index in [1.54, 1.807) is 14.2 Å². The molecule has 0 saturated carbocycles. The number of ether oxygens (including phenoxy) is 5. The van der Waals surface area contributed by atoms with Gasteiger partial charge in [-0.2, -0.15) is 0 Å². The number of dihydropyridines is 1. The standard InChI is InChI=1S/C36H39NO7/c1-5-42-16-17-43-36(39)33-23(2)37-29-19-27(25-14-15-31(40-3)32(21-25)41-4)20-30(38)35(29)34(33)26-12-9-13-28(18-26)44-22-24-10-7-6-8-11-24/h6-15,18,21,27,34,37H,5,16-17,19-20,22H2,1-4H3/t27-,34-/m1/s1. The number of hydrogen-bond acceptors (Lipinski definition) is 8. The highest BCUT2D eigenvalue weighted by Crippen LogP contribution is 2.47. The Bertz CT molecular complexity index is 1560. The summed E-state index contributed by atoms with van der Waals surface area (Å²) in [4.78, 5) is 27.6. The lowest BCUT2D eigenvalue weighted by Crippen LogP contribution is -2.36. The van der Waals surface area contributed by atoms with Crippen molar-refractivity contribution in [2.75, 3.05) is 34.0 Å². The molecule has 0 spiro atoms. The number of rotatable bonds is 12. The SMILES string of the molecule is CCOCCOC(=O)C1=C(C)NC2=C(C(=O)C[C@H](c3ccc(OC)c(OC)c3)C2)[C@@H]1c1cccc(OCc2ccccc2)c1. The van der Waals surface area contributed by atoms with Gasteiger partial charge in [-0.05, 0) is 67.1 Å². The maximum atomic E-state index is 14.1. The molecule has 0 radical (unpaired) electrons. The molecule has 1 aliphatic carbocycles. The summed E-state index contributed by atoms with van der Waals surface area (Å²) >= 11 is 0. The number of carbonyl (C=O) groups excluding carboxylic acids is 2. The minimum Gasteiger partial charge on any atom is -0.493 e. The summed E-state index contributed by atoms with van der Waals surface area (Å²) in [5.41, 5.74) is 5.29. The summed E-state index contributed by atoms with van der Waals surface area (Å²) in [7, 11) is 3.20. The Kier molecular flexibility index (Phi) is 10.0. The molecule has 1 aliphatic heterocycles. The van der Waals surface area contributed by atoms with Gasteiger partial charge in [0.2, 0.25) is 0 Å². The second-order valence-corrected chi connectivity index (χ2v) is 10.8. The average molecular weight is 598 g/mol. The molecule has 3 aromatic carbocycles. The average Bonchev–Trinajstić information content (AvgIpc) is 3.05. The largest absolute Gasteiger partial charge is 0.493 e. The summed E-state index contributed by atoms with van der Waals surface area (Å²) in [5, 5.41) is 3.41. The Labute approximate surface area is 258 Å². The second-order valence-electron chi connectivity index (χ2n) is 10.8. The van der Waals surface area contributed by atoms with Crippen molar-refractivity contribution in [3.05, 3.63) is 112 Å². The molecule has 3 aromatic rings. The van der Waals surface area contributed by atoms with Gasteiger partial charge in [-0.3, -0.25) is 4.79 Å². The molecule has 2 atom stereocenters. The minimum absolute atomic E-state index is 0.0220. The van der Waals surface area contributed by atoms with Crippen molar-refractivity contribution in [3.8, 4) is 17.2 Å². The molecule has 2 aliphatic rings. The van der Waals surface area contributed by atoms with Crippen LogP contribution in [0.5, 0.6) is 17.2 Å². The van der Waals surface area contributed by atoms with Crippen molar-refractivity contribution >= 4 is 11.8 Å². The van der Waals surface area contributed by atoms with Crippen LogP contribution in [0.3, 0.4) is 0 Å². The van der Waals surface area contributed by atoms with Gasteiger partial charge in [0, 0.05) is 35.9 Å². The molecule has 44 heavy (non-hydrogen) atoms. The fraction of sp³-hybridized carbons (Fsp3) is 0.333. The quantitative estimate of drug-likeness (QED) is 0.194. The molecule has 0 fully saturated rings. The topological polar surface area (TPSA) is 92.3 Å². The number of hydrogen-bond donors (Lipinski definition) is 1. The molecule has 0 saturated heterocycles. The maximum absolute atomic E-state index is 14.1. The van der Waals surface area contributed by atoms with Gasteiger partial charge in [-0.25, -0.2) is 4.79 Å². The lowest BCUT2D eigenvalue weighted by Gasteiger charge is -2.37. The van der Waals surface area contributed by atoms with Crippen LogP contribution in [-0.2, 0) is 25.7 Å². The normalized spacial score (nSPS) is 18.0. The van der Waals surface area contributed by atoms with Gasteiger partial charge in [0.1, 0.15) is 19.0 Å². The number of nitrogens with one attached hydrogen (secondary N) is 1. The van der Waals surface area contributed by atoms with E-state index in [1.807, 2.05) is 86.6 Å². The van der Waals surface area contributed by atoms with Crippen LogP contribution < -0.4 is 19.5 Å². The van der Waals surface area contributed by atoms with Crippen molar-refractivity contribution < 1.29 is 33.3 Å². The molecule has 8 heteroatoms. The lowest BCUT2D eigenvalue weighted by molar-refractivity contribution is -0.140. The molecule has 5 rings (SSSR count). The predicted octanol–water partition coefficient (Wildman–Crippen LogP) is 6.22. The molecule has 0 unspecified atom stereocenters. The lowest BCUT2D eigenvalue weighted by atomic mass is 9.71. The minimum atomic E-state index is -0.607. The fourth-order valence-electron chi connectivity index (χ4n) is 5.93. The molecule has 1 heterocycles. The van der Waals surface area contributed by atoms with Gasteiger partial charge in [-0.15, -0.1) is 0 Å². The van der Waals surface area contributed by atoms with Gasteiger partial charge in [0.25, 0.3) is 0 Å². The molecule has 8 nitrogen and oxygen atoms in total. The number of Topliss-reactive ketones (excluding diaryl/α,β-unsaturated/α-hetero) is 1. The van der Waals surface area contributed by atoms with Gasteiger partial charge in [0.15, 0.2) is 17.3 Å². The molecule has 0 aromatic heterocycles. The zero-order valence-electron chi connectivity index (χ0n) is 25.7. The van der Waals surface area contributed by atoms with Crippen LogP contribution in [0.4, 0.5) is 0 Å². The summed E-state index contributed by atoms with van der Waals surface area (Å²) in [6, 6.07) is 23.3. The second kappa shape index (κ2) is 14.3.